The largest absolute Gasteiger partial charge is 0.495 e. The van der Waals surface area contributed by atoms with Crippen molar-refractivity contribution in [2.75, 3.05) is 24.4 Å². The van der Waals surface area contributed by atoms with E-state index in [4.69, 9.17) is 9.47 Å². The third kappa shape index (κ3) is 4.55. The van der Waals surface area contributed by atoms with E-state index < -0.39 is 0 Å². The van der Waals surface area contributed by atoms with Gasteiger partial charge in [-0.3, -0.25) is 9.78 Å². The fourth-order valence-corrected chi connectivity index (χ4v) is 2.58. The maximum absolute atomic E-state index is 12.6. The molecular weight excluding hydrogens is 342 g/mol. The van der Waals surface area contributed by atoms with Crippen LogP contribution >= 0.6 is 0 Å². The van der Waals surface area contributed by atoms with Crippen LogP contribution in [0.3, 0.4) is 0 Å². The predicted octanol–water partition coefficient (Wildman–Crippen LogP) is 4.48. The van der Waals surface area contributed by atoms with Gasteiger partial charge in [0.1, 0.15) is 11.5 Å². The Balaban J connectivity index is 1.78. The molecule has 1 amide bonds. The number of benzene rings is 2. The minimum Gasteiger partial charge on any atom is -0.495 e. The number of anilines is 3. The Hall–Kier alpha value is -3.54. The minimum atomic E-state index is -0.270. The molecule has 0 saturated heterocycles. The van der Waals surface area contributed by atoms with Crippen LogP contribution in [0.25, 0.3) is 0 Å². The lowest BCUT2D eigenvalue weighted by atomic mass is 10.2. The van der Waals surface area contributed by atoms with Crippen molar-refractivity contribution in [3.05, 3.63) is 72.6 Å². The van der Waals surface area contributed by atoms with E-state index in [0.717, 1.165) is 11.4 Å². The second-order valence-corrected chi connectivity index (χ2v) is 5.67. The molecule has 27 heavy (non-hydrogen) atoms. The summed E-state index contributed by atoms with van der Waals surface area (Å²) in [6.45, 7) is 2.50. The molecule has 1 heterocycles. The van der Waals surface area contributed by atoms with E-state index in [1.165, 1.54) is 6.20 Å². The molecule has 2 N–H and O–H groups in total. The van der Waals surface area contributed by atoms with E-state index in [-0.39, 0.29) is 5.91 Å². The van der Waals surface area contributed by atoms with Gasteiger partial charge in [0, 0.05) is 6.20 Å². The van der Waals surface area contributed by atoms with Crippen LogP contribution in [0, 0.1) is 0 Å². The Labute approximate surface area is 158 Å². The maximum atomic E-state index is 12.6. The van der Waals surface area contributed by atoms with E-state index >= 15 is 0 Å². The lowest BCUT2D eigenvalue weighted by Gasteiger charge is -2.13. The average Bonchev–Trinajstić information content (AvgIpc) is 2.70. The first kappa shape index (κ1) is 18.3. The van der Waals surface area contributed by atoms with Gasteiger partial charge < -0.3 is 20.1 Å². The van der Waals surface area contributed by atoms with Crippen LogP contribution in [0.15, 0.2) is 67.0 Å². The third-order valence-electron chi connectivity index (χ3n) is 3.82. The van der Waals surface area contributed by atoms with Crippen LogP contribution in [-0.4, -0.2) is 24.6 Å². The van der Waals surface area contributed by atoms with Crippen LogP contribution < -0.4 is 20.1 Å². The van der Waals surface area contributed by atoms with Crippen molar-refractivity contribution < 1.29 is 14.3 Å². The molecule has 6 nitrogen and oxygen atoms in total. The number of pyridine rings is 1. The highest BCUT2D eigenvalue weighted by Gasteiger charge is 2.11. The highest BCUT2D eigenvalue weighted by atomic mass is 16.5. The summed E-state index contributed by atoms with van der Waals surface area (Å²) in [6.07, 6.45) is 3.17. The summed E-state index contributed by atoms with van der Waals surface area (Å²) in [7, 11) is 1.56. The molecule has 138 valence electrons. The number of rotatable bonds is 7. The van der Waals surface area contributed by atoms with Crippen molar-refractivity contribution in [2.24, 2.45) is 0 Å². The summed E-state index contributed by atoms with van der Waals surface area (Å²) in [5.41, 5.74) is 2.53. The fraction of sp³-hybridized carbons (Fsp3) is 0.143. The van der Waals surface area contributed by atoms with Gasteiger partial charge in [0.25, 0.3) is 5.91 Å². The smallest absolute Gasteiger partial charge is 0.257 e. The lowest BCUT2D eigenvalue weighted by molar-refractivity contribution is 0.102. The first-order valence-corrected chi connectivity index (χ1v) is 8.59. The number of hydrogen-bond donors (Lipinski definition) is 2. The number of aromatic nitrogens is 1. The number of amides is 1. The number of nitrogens with zero attached hydrogens (tertiary/aromatic N) is 1. The SMILES string of the molecule is CCOc1ccccc1Nc1cncc(C(=O)Nc2ccccc2OC)c1. The second-order valence-electron chi connectivity index (χ2n) is 5.67. The summed E-state index contributed by atoms with van der Waals surface area (Å²) in [6, 6.07) is 16.6. The first-order valence-electron chi connectivity index (χ1n) is 8.59. The van der Waals surface area contributed by atoms with Gasteiger partial charge in [-0.15, -0.1) is 0 Å². The normalized spacial score (nSPS) is 10.1. The van der Waals surface area contributed by atoms with Gasteiger partial charge in [0.15, 0.2) is 0 Å². The number of hydrogen-bond acceptors (Lipinski definition) is 5. The Kier molecular flexibility index (Phi) is 5.89. The van der Waals surface area contributed by atoms with E-state index in [0.29, 0.717) is 29.3 Å². The number of ether oxygens (including phenoxy) is 2. The molecule has 0 atom stereocenters. The number of nitrogens with one attached hydrogen (secondary N) is 2. The van der Waals surface area contributed by atoms with Crippen molar-refractivity contribution in [3.63, 3.8) is 0 Å². The molecule has 3 aromatic rings. The van der Waals surface area contributed by atoms with E-state index in [1.807, 2.05) is 43.3 Å². The van der Waals surface area contributed by atoms with Crippen molar-refractivity contribution in [2.45, 2.75) is 6.92 Å². The van der Waals surface area contributed by atoms with E-state index in [2.05, 4.69) is 15.6 Å². The van der Waals surface area contributed by atoms with Crippen LogP contribution in [0.1, 0.15) is 17.3 Å². The van der Waals surface area contributed by atoms with Crippen LogP contribution in [0.5, 0.6) is 11.5 Å². The van der Waals surface area contributed by atoms with Gasteiger partial charge in [-0.1, -0.05) is 24.3 Å². The highest BCUT2D eigenvalue weighted by molar-refractivity contribution is 6.05. The standard InChI is InChI=1S/C21H21N3O3/c1-3-27-20-11-7-5-9-18(20)23-16-12-15(13-22-14-16)21(25)24-17-8-4-6-10-19(17)26-2/h4-14,23H,3H2,1-2H3,(H,24,25). The summed E-state index contributed by atoms with van der Waals surface area (Å²) >= 11 is 0. The molecule has 0 aliphatic rings. The Bertz CT molecular complexity index is 928. The Morgan fingerprint density at radius 1 is 1.00 bits per heavy atom. The molecule has 0 unspecified atom stereocenters. The summed E-state index contributed by atoms with van der Waals surface area (Å²) in [4.78, 5) is 16.8. The molecule has 0 spiro atoms. The Morgan fingerprint density at radius 2 is 1.70 bits per heavy atom. The van der Waals surface area contributed by atoms with Crippen LogP contribution in [-0.2, 0) is 0 Å². The van der Waals surface area contributed by atoms with Crippen LogP contribution in [0.4, 0.5) is 17.1 Å². The van der Waals surface area contributed by atoms with Crippen molar-refractivity contribution in [3.8, 4) is 11.5 Å². The highest BCUT2D eigenvalue weighted by Crippen LogP contribution is 2.28. The Morgan fingerprint density at radius 3 is 2.44 bits per heavy atom. The number of carbonyl (C=O) groups excluding carboxylic acids is 1. The fourth-order valence-electron chi connectivity index (χ4n) is 2.58. The third-order valence-corrected chi connectivity index (χ3v) is 3.82. The molecule has 0 bridgehead atoms. The number of carbonyl (C=O) groups is 1. The summed E-state index contributed by atoms with van der Waals surface area (Å²) < 4.78 is 10.9. The molecule has 0 aliphatic carbocycles. The first-order chi connectivity index (χ1) is 13.2. The molecule has 2 aromatic carbocycles. The molecule has 1 aromatic heterocycles. The van der Waals surface area contributed by atoms with Gasteiger partial charge in [-0.05, 0) is 37.3 Å². The van der Waals surface area contributed by atoms with Crippen molar-refractivity contribution >= 4 is 23.0 Å². The van der Waals surface area contributed by atoms with Gasteiger partial charge in [0.2, 0.25) is 0 Å². The molecule has 3 rings (SSSR count). The monoisotopic (exact) mass is 363 g/mol. The topological polar surface area (TPSA) is 72.5 Å². The van der Waals surface area contributed by atoms with Crippen molar-refractivity contribution in [1.82, 2.24) is 4.98 Å². The number of methoxy groups -OCH3 is 1. The second kappa shape index (κ2) is 8.71. The summed E-state index contributed by atoms with van der Waals surface area (Å²) in [5.74, 6) is 1.07. The lowest BCUT2D eigenvalue weighted by Crippen LogP contribution is -2.13. The van der Waals surface area contributed by atoms with Crippen molar-refractivity contribution in [1.29, 1.82) is 0 Å². The minimum absolute atomic E-state index is 0.270. The van der Waals surface area contributed by atoms with Gasteiger partial charge in [-0.25, -0.2) is 0 Å². The molecule has 0 fully saturated rings. The summed E-state index contributed by atoms with van der Waals surface area (Å²) in [5, 5.41) is 6.09. The molecule has 0 radical (unpaired) electrons. The van der Waals surface area contributed by atoms with Gasteiger partial charge in [0.05, 0.1) is 42.5 Å². The quantitative estimate of drug-likeness (QED) is 0.647. The number of para-hydroxylation sites is 4. The van der Waals surface area contributed by atoms with E-state index in [9.17, 15) is 4.79 Å². The molecule has 0 aliphatic heterocycles. The van der Waals surface area contributed by atoms with Crippen LogP contribution in [0.2, 0.25) is 0 Å². The van der Waals surface area contributed by atoms with Gasteiger partial charge in [-0.2, -0.15) is 0 Å². The molecule has 0 saturated carbocycles. The zero-order valence-corrected chi connectivity index (χ0v) is 15.2. The molecular formula is C21H21N3O3. The molecule has 6 heteroatoms. The predicted molar refractivity (Wildman–Crippen MR) is 106 cm³/mol. The zero-order valence-electron chi connectivity index (χ0n) is 15.2. The van der Waals surface area contributed by atoms with Gasteiger partial charge >= 0.3 is 0 Å². The maximum Gasteiger partial charge on any atom is 0.257 e. The van der Waals surface area contributed by atoms with E-state index in [1.54, 1.807) is 31.5 Å². The average molecular weight is 363 g/mol. The zero-order chi connectivity index (χ0) is 19.1.